The predicted octanol–water partition coefficient (Wildman–Crippen LogP) is 0.433. The third-order valence-electron chi connectivity index (χ3n) is 3.73. The maximum absolute atomic E-state index is 12.2. The molecular formula is C12H19NO4. The minimum Gasteiger partial charge on any atom is -0.469 e. The molecule has 2 aliphatic rings. The van der Waals surface area contributed by atoms with Crippen LogP contribution in [0.4, 0.5) is 0 Å². The van der Waals surface area contributed by atoms with Gasteiger partial charge in [0.05, 0.1) is 25.0 Å². The van der Waals surface area contributed by atoms with Gasteiger partial charge < -0.3 is 14.4 Å². The van der Waals surface area contributed by atoms with Gasteiger partial charge in [0.1, 0.15) is 0 Å². The number of ether oxygens (including phenoxy) is 2. The van der Waals surface area contributed by atoms with Crippen LogP contribution in [0.3, 0.4) is 0 Å². The van der Waals surface area contributed by atoms with E-state index in [2.05, 4.69) is 0 Å². The van der Waals surface area contributed by atoms with Crippen molar-refractivity contribution < 1.29 is 19.1 Å². The zero-order valence-corrected chi connectivity index (χ0v) is 10.3. The normalized spacial score (nSPS) is 32.8. The highest BCUT2D eigenvalue weighted by molar-refractivity contribution is 5.81. The molecule has 3 unspecified atom stereocenters. The molecule has 0 spiro atoms. The summed E-state index contributed by atoms with van der Waals surface area (Å²) in [5.41, 5.74) is 0. The summed E-state index contributed by atoms with van der Waals surface area (Å²) in [5.74, 6) is -0.273. The summed E-state index contributed by atoms with van der Waals surface area (Å²) in [6.45, 7) is 3.74. The van der Waals surface area contributed by atoms with E-state index in [9.17, 15) is 9.59 Å². The number of nitrogens with zero attached hydrogens (tertiary/aromatic N) is 1. The first kappa shape index (κ1) is 12.4. The van der Waals surface area contributed by atoms with Gasteiger partial charge in [-0.3, -0.25) is 9.59 Å². The fourth-order valence-corrected chi connectivity index (χ4v) is 2.61. The van der Waals surface area contributed by atoms with Gasteiger partial charge in [-0.1, -0.05) is 0 Å². The highest BCUT2D eigenvalue weighted by atomic mass is 16.5. The van der Waals surface area contributed by atoms with Gasteiger partial charge in [0, 0.05) is 19.7 Å². The molecule has 2 aliphatic heterocycles. The Morgan fingerprint density at radius 3 is 2.71 bits per heavy atom. The lowest BCUT2D eigenvalue weighted by atomic mass is 10.0. The smallest absolute Gasteiger partial charge is 0.310 e. The van der Waals surface area contributed by atoms with E-state index in [1.54, 1.807) is 4.90 Å². The van der Waals surface area contributed by atoms with Crippen molar-refractivity contribution in [2.24, 2.45) is 11.8 Å². The average Bonchev–Trinajstić information content (AvgIpc) is 2.95. The van der Waals surface area contributed by atoms with E-state index in [0.29, 0.717) is 26.1 Å². The maximum atomic E-state index is 12.2. The van der Waals surface area contributed by atoms with Gasteiger partial charge in [-0.2, -0.15) is 0 Å². The Labute approximate surface area is 101 Å². The Morgan fingerprint density at radius 1 is 1.35 bits per heavy atom. The van der Waals surface area contributed by atoms with E-state index >= 15 is 0 Å². The zero-order chi connectivity index (χ0) is 12.4. The number of carbonyl (C=O) groups excluding carboxylic acids is 2. The van der Waals surface area contributed by atoms with Crippen LogP contribution in [0.1, 0.15) is 19.8 Å². The number of esters is 1. The second-order valence-electron chi connectivity index (χ2n) is 4.76. The Hall–Kier alpha value is -1.10. The minimum atomic E-state index is -0.212. The van der Waals surface area contributed by atoms with Crippen LogP contribution in [-0.2, 0) is 19.1 Å². The summed E-state index contributed by atoms with van der Waals surface area (Å²) in [5, 5.41) is 0. The molecule has 96 valence electrons. The molecule has 2 heterocycles. The van der Waals surface area contributed by atoms with Gasteiger partial charge in [-0.05, 0) is 19.8 Å². The molecule has 5 heteroatoms. The first-order valence-corrected chi connectivity index (χ1v) is 6.11. The van der Waals surface area contributed by atoms with Crippen LogP contribution in [0.2, 0.25) is 0 Å². The molecule has 0 aromatic carbocycles. The minimum absolute atomic E-state index is 0.000299. The monoisotopic (exact) mass is 241 g/mol. The molecule has 2 rings (SSSR count). The van der Waals surface area contributed by atoms with Crippen LogP contribution >= 0.6 is 0 Å². The number of likely N-dealkylation sites (tertiary alicyclic amines) is 1. The number of methoxy groups -OCH3 is 1. The first-order chi connectivity index (χ1) is 8.13. The van der Waals surface area contributed by atoms with Crippen molar-refractivity contribution in [1.29, 1.82) is 0 Å². The number of rotatable bonds is 2. The van der Waals surface area contributed by atoms with Crippen LogP contribution in [0, 0.1) is 11.8 Å². The van der Waals surface area contributed by atoms with E-state index in [-0.39, 0.29) is 29.8 Å². The van der Waals surface area contributed by atoms with Crippen molar-refractivity contribution in [3.05, 3.63) is 0 Å². The molecule has 2 saturated heterocycles. The summed E-state index contributed by atoms with van der Waals surface area (Å²) in [7, 11) is 1.39. The van der Waals surface area contributed by atoms with Crippen molar-refractivity contribution in [3.8, 4) is 0 Å². The van der Waals surface area contributed by atoms with E-state index < -0.39 is 0 Å². The molecule has 0 aromatic rings. The highest BCUT2D eigenvalue weighted by Crippen LogP contribution is 2.26. The first-order valence-electron chi connectivity index (χ1n) is 6.11. The largest absolute Gasteiger partial charge is 0.469 e. The standard InChI is InChI=1S/C12H19NO4/c1-8-10(4-6-17-8)11(14)13-5-3-9(7-13)12(15)16-2/h8-10H,3-7H2,1-2H3. The van der Waals surface area contributed by atoms with Gasteiger partial charge >= 0.3 is 5.97 Å². The van der Waals surface area contributed by atoms with E-state index in [1.165, 1.54) is 7.11 Å². The maximum Gasteiger partial charge on any atom is 0.310 e. The highest BCUT2D eigenvalue weighted by Gasteiger charge is 2.38. The molecule has 0 saturated carbocycles. The van der Waals surface area contributed by atoms with Crippen LogP contribution < -0.4 is 0 Å². The Bertz CT molecular complexity index is 318. The second-order valence-corrected chi connectivity index (χ2v) is 4.76. The molecule has 0 N–H and O–H groups in total. The lowest BCUT2D eigenvalue weighted by molar-refractivity contribution is -0.145. The zero-order valence-electron chi connectivity index (χ0n) is 10.3. The molecule has 2 fully saturated rings. The number of amides is 1. The Morgan fingerprint density at radius 2 is 2.12 bits per heavy atom. The van der Waals surface area contributed by atoms with Gasteiger partial charge in [0.15, 0.2) is 0 Å². The van der Waals surface area contributed by atoms with Crippen molar-refractivity contribution in [1.82, 2.24) is 4.90 Å². The van der Waals surface area contributed by atoms with E-state index in [0.717, 1.165) is 6.42 Å². The number of hydrogen-bond acceptors (Lipinski definition) is 4. The average molecular weight is 241 g/mol. The van der Waals surface area contributed by atoms with Gasteiger partial charge in [0.2, 0.25) is 5.91 Å². The topological polar surface area (TPSA) is 55.8 Å². The van der Waals surface area contributed by atoms with Crippen LogP contribution in [0.15, 0.2) is 0 Å². The quantitative estimate of drug-likeness (QED) is 0.658. The third kappa shape index (κ3) is 2.44. The fourth-order valence-electron chi connectivity index (χ4n) is 2.61. The van der Waals surface area contributed by atoms with Crippen LogP contribution in [-0.4, -0.2) is 49.7 Å². The van der Waals surface area contributed by atoms with Crippen LogP contribution in [0.25, 0.3) is 0 Å². The lowest BCUT2D eigenvalue weighted by Gasteiger charge is -2.22. The summed E-state index contributed by atoms with van der Waals surface area (Å²) < 4.78 is 10.1. The lowest BCUT2D eigenvalue weighted by Crippen LogP contribution is -2.37. The summed E-state index contributed by atoms with van der Waals surface area (Å²) in [4.78, 5) is 25.4. The molecule has 17 heavy (non-hydrogen) atoms. The Kier molecular flexibility index (Phi) is 3.66. The third-order valence-corrected chi connectivity index (χ3v) is 3.73. The molecule has 3 atom stereocenters. The van der Waals surface area contributed by atoms with Gasteiger partial charge in [-0.15, -0.1) is 0 Å². The Balaban J connectivity index is 1.92. The molecule has 1 amide bonds. The van der Waals surface area contributed by atoms with Gasteiger partial charge in [-0.25, -0.2) is 0 Å². The summed E-state index contributed by atoms with van der Waals surface area (Å²) in [6, 6.07) is 0. The summed E-state index contributed by atoms with van der Waals surface area (Å²) in [6.07, 6.45) is 1.50. The molecule has 0 aromatic heterocycles. The van der Waals surface area contributed by atoms with Crippen LogP contribution in [0.5, 0.6) is 0 Å². The van der Waals surface area contributed by atoms with E-state index in [4.69, 9.17) is 9.47 Å². The second kappa shape index (κ2) is 5.04. The van der Waals surface area contributed by atoms with Crippen molar-refractivity contribution in [2.75, 3.05) is 26.8 Å². The van der Waals surface area contributed by atoms with E-state index in [1.807, 2.05) is 6.92 Å². The number of carbonyl (C=O) groups is 2. The number of hydrogen-bond donors (Lipinski definition) is 0. The van der Waals surface area contributed by atoms with Crippen molar-refractivity contribution >= 4 is 11.9 Å². The summed E-state index contributed by atoms with van der Waals surface area (Å²) >= 11 is 0. The molecule has 0 aliphatic carbocycles. The van der Waals surface area contributed by atoms with Crippen molar-refractivity contribution in [3.63, 3.8) is 0 Å². The molecule has 0 bridgehead atoms. The SMILES string of the molecule is COC(=O)C1CCN(C(=O)C2CCOC2C)C1. The fraction of sp³-hybridized carbons (Fsp3) is 0.833. The molecule has 0 radical (unpaired) electrons. The van der Waals surface area contributed by atoms with Crippen molar-refractivity contribution in [2.45, 2.75) is 25.9 Å². The molecular weight excluding hydrogens is 222 g/mol. The van der Waals surface area contributed by atoms with Gasteiger partial charge in [0.25, 0.3) is 0 Å². The predicted molar refractivity (Wildman–Crippen MR) is 60.2 cm³/mol. The molecule has 5 nitrogen and oxygen atoms in total.